The summed E-state index contributed by atoms with van der Waals surface area (Å²) in [6.07, 6.45) is 0.149. The lowest BCUT2D eigenvalue weighted by Gasteiger charge is -2.07. The molecular formula is C7H13N3O3. The van der Waals surface area contributed by atoms with Crippen molar-refractivity contribution in [1.29, 1.82) is 0 Å². The summed E-state index contributed by atoms with van der Waals surface area (Å²) < 4.78 is 4.67. The molecule has 1 atom stereocenters. The molecule has 0 aliphatic carbocycles. The highest BCUT2D eigenvalue weighted by Gasteiger charge is 2.06. The second-order valence-corrected chi connectivity index (χ2v) is 2.50. The van der Waals surface area contributed by atoms with E-state index in [-0.39, 0.29) is 19.1 Å². The third-order valence-corrected chi connectivity index (χ3v) is 1.25. The van der Waals surface area contributed by atoms with Crippen molar-refractivity contribution in [1.82, 2.24) is 0 Å². The van der Waals surface area contributed by atoms with Gasteiger partial charge in [-0.1, -0.05) is 12.0 Å². The third kappa shape index (κ3) is 7.11. The summed E-state index contributed by atoms with van der Waals surface area (Å²) in [6.45, 7) is 1.67. The van der Waals surface area contributed by atoms with Crippen LogP contribution in [-0.2, 0) is 9.53 Å². The highest BCUT2D eigenvalue weighted by molar-refractivity contribution is 5.69. The van der Waals surface area contributed by atoms with Crippen molar-refractivity contribution in [3.05, 3.63) is 10.4 Å². The van der Waals surface area contributed by atoms with Crippen LogP contribution in [0.2, 0.25) is 0 Å². The molecule has 74 valence electrons. The van der Waals surface area contributed by atoms with Gasteiger partial charge in [-0.15, -0.1) is 0 Å². The number of carbonyl (C=O) groups excluding carboxylic acids is 1. The molecule has 0 spiro atoms. The Morgan fingerprint density at radius 2 is 2.46 bits per heavy atom. The first-order chi connectivity index (χ1) is 6.20. The summed E-state index contributed by atoms with van der Waals surface area (Å²) in [6, 6.07) is 0. The Kier molecular flexibility index (Phi) is 6.68. The Morgan fingerprint density at radius 3 is 3.00 bits per heavy atom. The summed E-state index contributed by atoms with van der Waals surface area (Å²) in [5.41, 5.74) is 7.92. The van der Waals surface area contributed by atoms with Gasteiger partial charge in [0.15, 0.2) is 0 Å². The minimum absolute atomic E-state index is 0.0735. The highest BCUT2D eigenvalue weighted by Crippen LogP contribution is 1.93. The molecule has 0 aromatic rings. The number of rotatable bonds is 6. The maximum Gasteiger partial charge on any atom is 0.305 e. The lowest BCUT2D eigenvalue weighted by molar-refractivity contribution is -0.146. The zero-order chi connectivity index (χ0) is 10.1. The van der Waals surface area contributed by atoms with Crippen LogP contribution in [0.4, 0.5) is 0 Å². The van der Waals surface area contributed by atoms with Crippen molar-refractivity contribution in [2.24, 2.45) is 5.11 Å². The van der Waals surface area contributed by atoms with Gasteiger partial charge >= 0.3 is 5.97 Å². The number of hydrogen-bond donors (Lipinski definition) is 1. The van der Waals surface area contributed by atoms with Crippen LogP contribution >= 0.6 is 0 Å². The summed E-state index contributed by atoms with van der Waals surface area (Å²) in [4.78, 5) is 13.2. The predicted molar refractivity (Wildman–Crippen MR) is 45.9 cm³/mol. The standard InChI is InChI=1S/C7H13N3O3/c1-2-3-7(12)13-5-6(11)4-9-10-8/h6,11H,2-5H2,1H3/t6-/m0/s1. The van der Waals surface area contributed by atoms with Crippen molar-refractivity contribution in [2.75, 3.05) is 13.2 Å². The van der Waals surface area contributed by atoms with Crippen molar-refractivity contribution in [3.8, 4) is 0 Å². The predicted octanol–water partition coefficient (Wildman–Crippen LogP) is 1.00. The maximum absolute atomic E-state index is 10.8. The number of ether oxygens (including phenoxy) is 1. The molecule has 0 aromatic carbocycles. The quantitative estimate of drug-likeness (QED) is 0.291. The second kappa shape index (κ2) is 7.39. The Morgan fingerprint density at radius 1 is 1.77 bits per heavy atom. The number of carbonyl (C=O) groups is 1. The summed E-state index contributed by atoms with van der Waals surface area (Å²) in [5.74, 6) is -0.345. The topological polar surface area (TPSA) is 95.3 Å². The number of azide groups is 1. The van der Waals surface area contributed by atoms with Crippen LogP contribution < -0.4 is 0 Å². The zero-order valence-corrected chi connectivity index (χ0v) is 7.51. The van der Waals surface area contributed by atoms with Gasteiger partial charge in [-0.05, 0) is 12.0 Å². The number of esters is 1. The number of aliphatic hydroxyl groups is 1. The van der Waals surface area contributed by atoms with E-state index in [1.807, 2.05) is 6.92 Å². The van der Waals surface area contributed by atoms with Crippen molar-refractivity contribution >= 4 is 5.97 Å². The zero-order valence-electron chi connectivity index (χ0n) is 7.51. The largest absolute Gasteiger partial charge is 0.463 e. The molecule has 6 nitrogen and oxygen atoms in total. The van der Waals surface area contributed by atoms with Crippen LogP contribution in [0.1, 0.15) is 19.8 Å². The van der Waals surface area contributed by atoms with Gasteiger partial charge in [0.05, 0.1) is 12.6 Å². The van der Waals surface area contributed by atoms with Crippen LogP contribution in [0, 0.1) is 0 Å². The van der Waals surface area contributed by atoms with Crippen molar-refractivity contribution < 1.29 is 14.6 Å². The van der Waals surface area contributed by atoms with Crippen LogP contribution in [-0.4, -0.2) is 30.3 Å². The number of nitrogens with zero attached hydrogens (tertiary/aromatic N) is 3. The lowest BCUT2D eigenvalue weighted by Crippen LogP contribution is -2.20. The molecule has 0 amide bonds. The smallest absolute Gasteiger partial charge is 0.305 e. The molecule has 0 aromatic heterocycles. The molecule has 1 N–H and O–H groups in total. The van der Waals surface area contributed by atoms with Gasteiger partial charge in [0.25, 0.3) is 0 Å². The molecule has 0 saturated carbocycles. The fourth-order valence-electron chi connectivity index (χ4n) is 0.649. The fourth-order valence-corrected chi connectivity index (χ4v) is 0.649. The third-order valence-electron chi connectivity index (χ3n) is 1.25. The summed E-state index contributed by atoms with van der Waals surface area (Å²) in [7, 11) is 0. The van der Waals surface area contributed by atoms with Crippen molar-refractivity contribution in [3.63, 3.8) is 0 Å². The van der Waals surface area contributed by atoms with Gasteiger partial charge < -0.3 is 9.84 Å². The molecule has 0 aliphatic heterocycles. The van der Waals surface area contributed by atoms with E-state index in [1.165, 1.54) is 0 Å². The second-order valence-electron chi connectivity index (χ2n) is 2.50. The molecule has 0 bridgehead atoms. The molecule has 0 rings (SSSR count). The van der Waals surface area contributed by atoms with E-state index in [1.54, 1.807) is 0 Å². The van der Waals surface area contributed by atoms with Gasteiger partial charge in [-0.25, -0.2) is 0 Å². The van der Waals surface area contributed by atoms with E-state index >= 15 is 0 Å². The molecule has 0 aliphatic rings. The molecule has 0 fully saturated rings. The molecule has 0 radical (unpaired) electrons. The van der Waals surface area contributed by atoms with Crippen LogP contribution in [0.25, 0.3) is 10.4 Å². The minimum Gasteiger partial charge on any atom is -0.463 e. The maximum atomic E-state index is 10.8. The monoisotopic (exact) mass is 187 g/mol. The molecule has 0 heterocycles. The molecule has 6 heteroatoms. The number of hydrogen-bond acceptors (Lipinski definition) is 4. The fraction of sp³-hybridized carbons (Fsp3) is 0.857. The summed E-state index contributed by atoms with van der Waals surface area (Å²) >= 11 is 0. The number of aliphatic hydroxyl groups excluding tert-OH is 1. The normalized spacial score (nSPS) is 11.5. The Balaban J connectivity index is 3.50. The minimum atomic E-state index is -0.906. The first-order valence-electron chi connectivity index (χ1n) is 4.05. The van der Waals surface area contributed by atoms with E-state index in [9.17, 15) is 4.79 Å². The molecule has 0 unspecified atom stereocenters. The van der Waals surface area contributed by atoms with Crippen LogP contribution in [0.3, 0.4) is 0 Å². The first kappa shape index (κ1) is 11.7. The van der Waals surface area contributed by atoms with Gasteiger partial charge in [0, 0.05) is 11.3 Å². The van der Waals surface area contributed by atoms with E-state index in [4.69, 9.17) is 10.6 Å². The molecule has 0 saturated heterocycles. The highest BCUT2D eigenvalue weighted by atomic mass is 16.5. The van der Waals surface area contributed by atoms with Gasteiger partial charge in [0.2, 0.25) is 0 Å². The SMILES string of the molecule is CCCC(=O)OC[C@@H](O)CN=[N+]=[N-]. The Hall–Kier alpha value is -1.26. The van der Waals surface area contributed by atoms with Crippen molar-refractivity contribution in [2.45, 2.75) is 25.9 Å². The average Bonchev–Trinajstić information content (AvgIpc) is 2.12. The van der Waals surface area contributed by atoms with Gasteiger partial charge in [-0.3, -0.25) is 4.79 Å². The Bertz CT molecular complexity index is 201. The molecule has 13 heavy (non-hydrogen) atoms. The Labute approximate surface area is 76.1 Å². The lowest BCUT2D eigenvalue weighted by atomic mass is 10.3. The molecular weight excluding hydrogens is 174 g/mol. The van der Waals surface area contributed by atoms with E-state index < -0.39 is 6.10 Å². The van der Waals surface area contributed by atoms with E-state index in [2.05, 4.69) is 14.8 Å². The van der Waals surface area contributed by atoms with Gasteiger partial charge in [0.1, 0.15) is 6.61 Å². The van der Waals surface area contributed by atoms with Crippen LogP contribution in [0.5, 0.6) is 0 Å². The van der Waals surface area contributed by atoms with Crippen LogP contribution in [0.15, 0.2) is 5.11 Å². The van der Waals surface area contributed by atoms with Gasteiger partial charge in [-0.2, -0.15) is 0 Å². The van der Waals surface area contributed by atoms with E-state index in [0.717, 1.165) is 0 Å². The summed E-state index contributed by atoms with van der Waals surface area (Å²) in [5, 5.41) is 12.2. The van der Waals surface area contributed by atoms with E-state index in [0.29, 0.717) is 12.8 Å². The average molecular weight is 187 g/mol. The first-order valence-corrected chi connectivity index (χ1v) is 4.05.